The highest BCUT2D eigenvalue weighted by Crippen LogP contribution is 2.21. The largest absolute Gasteiger partial charge is 0.325 e. The van der Waals surface area contributed by atoms with Crippen LogP contribution in [0.15, 0.2) is 45.1 Å². The summed E-state index contributed by atoms with van der Waals surface area (Å²) in [5, 5.41) is 4.75. The molecule has 0 aliphatic carbocycles. The topological polar surface area (TPSA) is 69.7 Å². The Morgan fingerprint density at radius 3 is 2.56 bits per heavy atom. The summed E-state index contributed by atoms with van der Waals surface area (Å²) in [4.78, 5) is 15.4. The van der Waals surface area contributed by atoms with Crippen LogP contribution in [0.5, 0.6) is 0 Å². The van der Waals surface area contributed by atoms with Crippen molar-refractivity contribution in [1.82, 2.24) is 9.21 Å². The van der Waals surface area contributed by atoms with Crippen molar-refractivity contribution < 1.29 is 13.2 Å². The Bertz CT molecular complexity index is 850. The monoisotopic (exact) mass is 445 g/mol. The number of hydrogen-bond acceptors (Lipinski definition) is 5. The average Bonchev–Trinajstić information content (AvgIpc) is 2.91. The highest BCUT2D eigenvalue weighted by molar-refractivity contribution is 9.10. The number of nitrogens with one attached hydrogen (secondary N) is 1. The molecule has 0 saturated carbocycles. The summed E-state index contributed by atoms with van der Waals surface area (Å²) in [5.41, 5.74) is 0.459. The Morgan fingerprint density at radius 2 is 1.96 bits per heavy atom. The predicted molar refractivity (Wildman–Crippen MR) is 104 cm³/mol. The van der Waals surface area contributed by atoms with Gasteiger partial charge in [-0.1, -0.05) is 6.07 Å². The summed E-state index contributed by atoms with van der Waals surface area (Å²) in [6.07, 6.45) is 0. The van der Waals surface area contributed by atoms with Gasteiger partial charge in [-0.25, -0.2) is 12.7 Å². The summed E-state index contributed by atoms with van der Waals surface area (Å²) < 4.78 is 26.5. The van der Waals surface area contributed by atoms with Gasteiger partial charge in [0.1, 0.15) is 0 Å². The minimum atomic E-state index is -3.53. The van der Waals surface area contributed by atoms with Gasteiger partial charge in [0, 0.05) is 41.1 Å². The fraction of sp³-hybridized carbons (Fsp3) is 0.312. The van der Waals surface area contributed by atoms with Crippen LogP contribution in [-0.2, 0) is 21.4 Å². The van der Waals surface area contributed by atoms with Crippen LogP contribution in [-0.4, -0.2) is 51.2 Å². The van der Waals surface area contributed by atoms with Crippen molar-refractivity contribution in [2.24, 2.45) is 0 Å². The molecule has 9 heteroatoms. The van der Waals surface area contributed by atoms with E-state index in [-0.39, 0.29) is 17.3 Å². The van der Waals surface area contributed by atoms with Gasteiger partial charge in [0.2, 0.25) is 15.9 Å². The number of nitrogens with zero attached hydrogens (tertiary/aromatic N) is 2. The fourth-order valence-electron chi connectivity index (χ4n) is 2.15. The van der Waals surface area contributed by atoms with Crippen LogP contribution in [0.3, 0.4) is 0 Å². The molecule has 0 atom stereocenters. The molecule has 1 aromatic heterocycles. The van der Waals surface area contributed by atoms with Crippen LogP contribution >= 0.6 is 27.3 Å². The Balaban J connectivity index is 1.98. The molecule has 2 aromatic rings. The zero-order valence-electron chi connectivity index (χ0n) is 14.2. The van der Waals surface area contributed by atoms with Crippen LogP contribution in [0.25, 0.3) is 0 Å². The van der Waals surface area contributed by atoms with Gasteiger partial charge >= 0.3 is 0 Å². The SMILES string of the molecule is CN(CC(=O)Nc1cccc(S(=O)(=O)N(C)C)c1)Cc1cc(Br)cs1. The highest BCUT2D eigenvalue weighted by Gasteiger charge is 2.17. The molecule has 2 rings (SSSR count). The minimum Gasteiger partial charge on any atom is -0.325 e. The first-order valence-corrected chi connectivity index (χ1v) is 10.5. The first-order valence-electron chi connectivity index (χ1n) is 7.42. The zero-order chi connectivity index (χ0) is 18.6. The molecule has 0 bridgehead atoms. The van der Waals surface area contributed by atoms with E-state index in [1.54, 1.807) is 23.5 Å². The van der Waals surface area contributed by atoms with Crippen molar-refractivity contribution in [1.29, 1.82) is 0 Å². The van der Waals surface area contributed by atoms with Gasteiger partial charge in [-0.2, -0.15) is 0 Å². The number of rotatable bonds is 7. The smallest absolute Gasteiger partial charge is 0.242 e. The van der Waals surface area contributed by atoms with E-state index in [1.807, 2.05) is 23.4 Å². The Hall–Kier alpha value is -1.26. The van der Waals surface area contributed by atoms with Crippen molar-refractivity contribution in [3.8, 4) is 0 Å². The van der Waals surface area contributed by atoms with Crippen molar-refractivity contribution >= 4 is 48.9 Å². The molecular weight excluding hydrogens is 426 g/mol. The van der Waals surface area contributed by atoms with E-state index in [4.69, 9.17) is 0 Å². The summed E-state index contributed by atoms with van der Waals surface area (Å²) in [5.74, 6) is -0.197. The molecule has 1 N–H and O–H groups in total. The van der Waals surface area contributed by atoms with Crippen LogP contribution < -0.4 is 5.32 Å². The summed E-state index contributed by atoms with van der Waals surface area (Å²) in [6, 6.07) is 8.27. The molecule has 25 heavy (non-hydrogen) atoms. The summed E-state index contributed by atoms with van der Waals surface area (Å²) in [6.45, 7) is 0.874. The Morgan fingerprint density at radius 1 is 1.24 bits per heavy atom. The van der Waals surface area contributed by atoms with E-state index in [0.29, 0.717) is 12.2 Å². The molecule has 0 fully saturated rings. The number of benzene rings is 1. The first kappa shape index (κ1) is 20.1. The summed E-state index contributed by atoms with van der Waals surface area (Å²) in [7, 11) is 1.27. The number of anilines is 1. The number of thiophene rings is 1. The molecular formula is C16H20BrN3O3S2. The molecule has 0 unspecified atom stereocenters. The van der Waals surface area contributed by atoms with E-state index < -0.39 is 10.0 Å². The second-order valence-electron chi connectivity index (χ2n) is 5.77. The lowest BCUT2D eigenvalue weighted by Gasteiger charge is -2.16. The standard InChI is InChI=1S/C16H20BrN3O3S2/c1-19(2)25(22,23)15-6-4-5-13(8-15)18-16(21)10-20(3)9-14-7-12(17)11-24-14/h4-8,11H,9-10H2,1-3H3,(H,18,21). The molecule has 0 spiro atoms. The zero-order valence-corrected chi connectivity index (χ0v) is 17.4. The number of halogens is 1. The number of sulfonamides is 1. The lowest BCUT2D eigenvalue weighted by molar-refractivity contribution is -0.117. The number of likely N-dealkylation sites (N-methyl/N-ethyl adjacent to an activating group) is 1. The maximum Gasteiger partial charge on any atom is 0.242 e. The Kier molecular flexibility index (Phi) is 6.75. The van der Waals surface area contributed by atoms with Crippen molar-refractivity contribution in [2.75, 3.05) is 33.0 Å². The van der Waals surface area contributed by atoms with Gasteiger partial charge in [0.25, 0.3) is 0 Å². The van der Waals surface area contributed by atoms with Gasteiger partial charge in [0.05, 0.1) is 11.4 Å². The van der Waals surface area contributed by atoms with Crippen molar-refractivity contribution in [3.63, 3.8) is 0 Å². The number of hydrogen-bond donors (Lipinski definition) is 1. The molecule has 0 aliphatic heterocycles. The van der Waals surface area contributed by atoms with E-state index >= 15 is 0 Å². The van der Waals surface area contributed by atoms with Crippen LogP contribution in [0, 0.1) is 0 Å². The maximum absolute atomic E-state index is 12.2. The fourth-order valence-corrected chi connectivity index (χ4v) is 4.63. The first-order chi connectivity index (χ1) is 11.7. The second-order valence-corrected chi connectivity index (χ2v) is 9.83. The van der Waals surface area contributed by atoms with Gasteiger partial charge in [0.15, 0.2) is 0 Å². The summed E-state index contributed by atoms with van der Waals surface area (Å²) >= 11 is 5.03. The van der Waals surface area contributed by atoms with E-state index in [1.165, 1.54) is 26.2 Å². The van der Waals surface area contributed by atoms with Gasteiger partial charge in [-0.3, -0.25) is 9.69 Å². The normalized spacial score (nSPS) is 11.9. The molecule has 1 amide bonds. The number of carbonyl (C=O) groups excluding carboxylic acids is 1. The highest BCUT2D eigenvalue weighted by atomic mass is 79.9. The van der Waals surface area contributed by atoms with Gasteiger partial charge in [-0.15, -0.1) is 11.3 Å². The number of amides is 1. The minimum absolute atomic E-state index is 0.145. The molecule has 6 nitrogen and oxygen atoms in total. The van der Waals surface area contributed by atoms with Crippen molar-refractivity contribution in [2.45, 2.75) is 11.4 Å². The van der Waals surface area contributed by atoms with Crippen LogP contribution in [0.2, 0.25) is 0 Å². The molecule has 1 aromatic carbocycles. The van der Waals surface area contributed by atoms with E-state index in [2.05, 4.69) is 21.2 Å². The predicted octanol–water partition coefficient (Wildman–Crippen LogP) is 2.83. The lowest BCUT2D eigenvalue weighted by Crippen LogP contribution is -2.29. The van der Waals surface area contributed by atoms with E-state index in [0.717, 1.165) is 13.7 Å². The van der Waals surface area contributed by atoms with Crippen LogP contribution in [0.1, 0.15) is 4.88 Å². The van der Waals surface area contributed by atoms with Crippen molar-refractivity contribution in [3.05, 3.63) is 45.1 Å². The van der Waals surface area contributed by atoms with Gasteiger partial charge < -0.3 is 5.32 Å². The van der Waals surface area contributed by atoms with Gasteiger partial charge in [-0.05, 0) is 47.2 Å². The molecule has 1 heterocycles. The third-order valence-corrected chi connectivity index (χ3v) is 6.85. The molecule has 0 radical (unpaired) electrons. The quantitative estimate of drug-likeness (QED) is 0.710. The van der Waals surface area contributed by atoms with Crippen LogP contribution in [0.4, 0.5) is 5.69 Å². The molecule has 136 valence electrons. The Labute approximate surface area is 160 Å². The second kappa shape index (κ2) is 8.41. The molecule has 0 saturated heterocycles. The maximum atomic E-state index is 12.2. The average molecular weight is 446 g/mol. The lowest BCUT2D eigenvalue weighted by atomic mass is 10.3. The molecule has 0 aliphatic rings. The third-order valence-electron chi connectivity index (χ3n) is 3.36. The van der Waals surface area contributed by atoms with E-state index in [9.17, 15) is 13.2 Å². The number of carbonyl (C=O) groups is 1. The third kappa shape index (κ3) is 5.61.